The first-order valence-corrected chi connectivity index (χ1v) is 7.15. The minimum atomic E-state index is 0.488. The molecule has 1 unspecified atom stereocenters. The van der Waals surface area contributed by atoms with E-state index in [2.05, 4.69) is 30.3 Å². The lowest BCUT2D eigenvalue weighted by Crippen LogP contribution is -2.37. The molecular formula is C15H25ClN2O. The van der Waals surface area contributed by atoms with Crippen molar-refractivity contribution in [1.29, 1.82) is 0 Å². The van der Waals surface area contributed by atoms with Gasteiger partial charge in [-0.05, 0) is 44.6 Å². The number of rotatable bonds is 9. The molecule has 0 radical (unpaired) electrons. The zero-order chi connectivity index (χ0) is 14.1. The molecule has 1 N–H and O–H groups in total. The first-order chi connectivity index (χ1) is 9.13. The lowest BCUT2D eigenvalue weighted by Gasteiger charge is -2.25. The predicted molar refractivity (Wildman–Crippen MR) is 81.7 cm³/mol. The van der Waals surface area contributed by atoms with E-state index < -0.39 is 0 Å². The van der Waals surface area contributed by atoms with Gasteiger partial charge < -0.3 is 10.1 Å². The zero-order valence-corrected chi connectivity index (χ0v) is 12.9. The fourth-order valence-electron chi connectivity index (χ4n) is 1.89. The maximum absolute atomic E-state index is 6.00. The molecule has 1 atom stereocenters. The van der Waals surface area contributed by atoms with Crippen molar-refractivity contribution in [3.63, 3.8) is 0 Å². The van der Waals surface area contributed by atoms with E-state index in [0.717, 1.165) is 37.7 Å². The number of hydrogen-bond acceptors (Lipinski definition) is 3. The number of nitrogens with zero attached hydrogens (tertiary/aromatic N) is 1. The highest BCUT2D eigenvalue weighted by Crippen LogP contribution is 2.12. The summed E-state index contributed by atoms with van der Waals surface area (Å²) in [7, 11) is 3.88. The van der Waals surface area contributed by atoms with Crippen molar-refractivity contribution in [2.45, 2.75) is 25.9 Å². The number of methoxy groups -OCH3 is 1. The van der Waals surface area contributed by atoms with Crippen molar-refractivity contribution in [3.05, 3.63) is 34.9 Å². The van der Waals surface area contributed by atoms with Gasteiger partial charge in [0.05, 0.1) is 0 Å². The molecule has 1 aromatic rings. The summed E-state index contributed by atoms with van der Waals surface area (Å²) >= 11 is 6.00. The number of nitrogens with one attached hydrogen (secondary N) is 1. The van der Waals surface area contributed by atoms with Crippen LogP contribution in [0.1, 0.15) is 18.9 Å². The number of likely N-dealkylation sites (N-methyl/N-ethyl adjacent to an activating group) is 1. The SMILES string of the molecule is COCCCNCC(C)N(C)Cc1cccc(Cl)c1. The van der Waals surface area contributed by atoms with Gasteiger partial charge in [-0.3, -0.25) is 4.90 Å². The minimum Gasteiger partial charge on any atom is -0.385 e. The average molecular weight is 285 g/mol. The molecule has 0 aliphatic heterocycles. The first kappa shape index (κ1) is 16.4. The lowest BCUT2D eigenvalue weighted by atomic mass is 10.2. The van der Waals surface area contributed by atoms with Gasteiger partial charge in [0.15, 0.2) is 0 Å². The zero-order valence-electron chi connectivity index (χ0n) is 12.2. The van der Waals surface area contributed by atoms with Crippen molar-refractivity contribution in [3.8, 4) is 0 Å². The van der Waals surface area contributed by atoms with Gasteiger partial charge in [0.25, 0.3) is 0 Å². The molecule has 0 aliphatic rings. The second-order valence-corrected chi connectivity index (χ2v) is 5.38. The molecular weight excluding hydrogens is 260 g/mol. The quantitative estimate of drug-likeness (QED) is 0.706. The summed E-state index contributed by atoms with van der Waals surface area (Å²) in [6.07, 6.45) is 1.06. The van der Waals surface area contributed by atoms with Crippen LogP contribution in [0.2, 0.25) is 5.02 Å². The van der Waals surface area contributed by atoms with Crippen LogP contribution in [0.15, 0.2) is 24.3 Å². The Morgan fingerprint density at radius 1 is 1.42 bits per heavy atom. The summed E-state index contributed by atoms with van der Waals surface area (Å²) in [5, 5.41) is 4.25. The number of hydrogen-bond donors (Lipinski definition) is 1. The molecule has 0 amide bonds. The molecule has 3 nitrogen and oxygen atoms in total. The summed E-state index contributed by atoms with van der Waals surface area (Å²) in [5.41, 5.74) is 1.25. The van der Waals surface area contributed by atoms with Crippen LogP contribution < -0.4 is 5.32 Å². The van der Waals surface area contributed by atoms with Gasteiger partial charge >= 0.3 is 0 Å². The van der Waals surface area contributed by atoms with E-state index in [-0.39, 0.29) is 0 Å². The third-order valence-electron chi connectivity index (χ3n) is 3.22. The molecule has 0 fully saturated rings. The molecule has 19 heavy (non-hydrogen) atoms. The Morgan fingerprint density at radius 3 is 2.89 bits per heavy atom. The summed E-state index contributed by atoms with van der Waals surface area (Å²) < 4.78 is 5.02. The molecule has 0 aliphatic carbocycles. The molecule has 0 bridgehead atoms. The third kappa shape index (κ3) is 6.92. The highest BCUT2D eigenvalue weighted by molar-refractivity contribution is 6.30. The Hall–Kier alpha value is -0.610. The van der Waals surface area contributed by atoms with Crippen molar-refractivity contribution in [1.82, 2.24) is 10.2 Å². The summed E-state index contributed by atoms with van der Waals surface area (Å²) in [4.78, 5) is 2.33. The molecule has 4 heteroatoms. The van der Waals surface area contributed by atoms with E-state index in [1.807, 2.05) is 18.2 Å². The van der Waals surface area contributed by atoms with Gasteiger partial charge in [0.2, 0.25) is 0 Å². The van der Waals surface area contributed by atoms with Crippen molar-refractivity contribution in [2.75, 3.05) is 33.9 Å². The molecule has 108 valence electrons. The third-order valence-corrected chi connectivity index (χ3v) is 3.45. The fraction of sp³-hybridized carbons (Fsp3) is 0.600. The molecule has 1 aromatic carbocycles. The maximum Gasteiger partial charge on any atom is 0.0474 e. The lowest BCUT2D eigenvalue weighted by molar-refractivity contribution is 0.191. The second kappa shape index (κ2) is 9.32. The van der Waals surface area contributed by atoms with Crippen molar-refractivity contribution < 1.29 is 4.74 Å². The highest BCUT2D eigenvalue weighted by Gasteiger charge is 2.09. The van der Waals surface area contributed by atoms with Crippen molar-refractivity contribution in [2.24, 2.45) is 0 Å². The summed E-state index contributed by atoms with van der Waals surface area (Å²) in [5.74, 6) is 0. The Bertz CT molecular complexity index is 360. The van der Waals surface area contributed by atoms with E-state index >= 15 is 0 Å². The van der Waals surface area contributed by atoms with Crippen LogP contribution in [-0.2, 0) is 11.3 Å². The predicted octanol–water partition coefficient (Wildman–Crippen LogP) is 2.79. The van der Waals surface area contributed by atoms with Crippen LogP contribution >= 0.6 is 11.6 Å². The molecule has 0 saturated heterocycles. The fourth-order valence-corrected chi connectivity index (χ4v) is 2.10. The van der Waals surface area contributed by atoms with E-state index in [9.17, 15) is 0 Å². The van der Waals surface area contributed by atoms with Gasteiger partial charge in [0, 0.05) is 37.9 Å². The van der Waals surface area contributed by atoms with Gasteiger partial charge in [-0.1, -0.05) is 23.7 Å². The monoisotopic (exact) mass is 284 g/mol. The van der Waals surface area contributed by atoms with Gasteiger partial charge in [0.1, 0.15) is 0 Å². The standard InChI is InChI=1S/C15H25ClN2O/c1-13(11-17-8-5-9-19-3)18(2)12-14-6-4-7-15(16)10-14/h4,6-7,10,13,17H,5,8-9,11-12H2,1-3H3. The Labute approximate surface area is 121 Å². The average Bonchev–Trinajstić information content (AvgIpc) is 2.38. The molecule has 0 heterocycles. The van der Waals surface area contributed by atoms with E-state index in [1.165, 1.54) is 5.56 Å². The minimum absolute atomic E-state index is 0.488. The van der Waals surface area contributed by atoms with E-state index in [1.54, 1.807) is 7.11 Å². The Morgan fingerprint density at radius 2 is 2.21 bits per heavy atom. The van der Waals surface area contributed by atoms with Crippen LogP contribution in [-0.4, -0.2) is 44.8 Å². The second-order valence-electron chi connectivity index (χ2n) is 4.94. The van der Waals surface area contributed by atoms with Gasteiger partial charge in [-0.15, -0.1) is 0 Å². The molecule has 0 aromatic heterocycles. The first-order valence-electron chi connectivity index (χ1n) is 6.78. The smallest absolute Gasteiger partial charge is 0.0474 e. The van der Waals surface area contributed by atoms with Gasteiger partial charge in [-0.25, -0.2) is 0 Å². The topological polar surface area (TPSA) is 24.5 Å². The van der Waals surface area contributed by atoms with E-state index in [4.69, 9.17) is 16.3 Å². The number of benzene rings is 1. The Kier molecular flexibility index (Phi) is 8.07. The Balaban J connectivity index is 2.26. The van der Waals surface area contributed by atoms with Crippen LogP contribution in [0.25, 0.3) is 0 Å². The van der Waals surface area contributed by atoms with Crippen LogP contribution in [0.3, 0.4) is 0 Å². The normalized spacial score (nSPS) is 12.9. The van der Waals surface area contributed by atoms with Crippen LogP contribution in [0.5, 0.6) is 0 Å². The van der Waals surface area contributed by atoms with Crippen LogP contribution in [0, 0.1) is 0 Å². The largest absolute Gasteiger partial charge is 0.385 e. The van der Waals surface area contributed by atoms with Gasteiger partial charge in [-0.2, -0.15) is 0 Å². The number of ether oxygens (including phenoxy) is 1. The van der Waals surface area contributed by atoms with Crippen molar-refractivity contribution >= 4 is 11.6 Å². The van der Waals surface area contributed by atoms with E-state index in [0.29, 0.717) is 6.04 Å². The summed E-state index contributed by atoms with van der Waals surface area (Å²) in [6, 6.07) is 8.53. The molecule has 1 rings (SSSR count). The summed E-state index contributed by atoms with van der Waals surface area (Å²) in [6.45, 7) is 5.96. The number of halogens is 1. The highest BCUT2D eigenvalue weighted by atomic mass is 35.5. The maximum atomic E-state index is 6.00. The molecule has 0 spiro atoms. The van der Waals surface area contributed by atoms with Crippen LogP contribution in [0.4, 0.5) is 0 Å². The molecule has 0 saturated carbocycles.